The van der Waals surface area contributed by atoms with Crippen molar-refractivity contribution >= 4 is 12.3 Å². The lowest BCUT2D eigenvalue weighted by Crippen LogP contribution is -1.96. The summed E-state index contributed by atoms with van der Waals surface area (Å²) in [6, 6.07) is 8.61. The highest BCUT2D eigenvalue weighted by Crippen LogP contribution is 2.13. The second kappa shape index (κ2) is 4.23. The van der Waals surface area contributed by atoms with Gasteiger partial charge in [0.1, 0.15) is 0 Å². The average Bonchev–Trinajstić information content (AvgIpc) is 2.23. The summed E-state index contributed by atoms with van der Waals surface area (Å²) in [5.74, 6) is 0. The first-order chi connectivity index (χ1) is 6.84. The lowest BCUT2D eigenvalue weighted by atomic mass is 10.0. The van der Waals surface area contributed by atoms with Gasteiger partial charge in [-0.3, -0.25) is 4.99 Å². The molecule has 2 rings (SSSR count). The lowest BCUT2D eigenvalue weighted by molar-refractivity contribution is 0.826. The summed E-state index contributed by atoms with van der Waals surface area (Å²) in [7, 11) is 0. The van der Waals surface area contributed by atoms with Crippen LogP contribution in [0.1, 0.15) is 24.0 Å². The van der Waals surface area contributed by atoms with Crippen LogP contribution in [0.15, 0.2) is 34.8 Å². The molecule has 1 aliphatic rings. The van der Waals surface area contributed by atoms with E-state index in [1.54, 1.807) is 0 Å². The Morgan fingerprint density at radius 1 is 1.21 bits per heavy atom. The number of hydrogen-bond donors (Lipinski definition) is 0. The van der Waals surface area contributed by atoms with Gasteiger partial charge in [-0.2, -0.15) is 0 Å². The third kappa shape index (κ3) is 2.32. The van der Waals surface area contributed by atoms with Crippen LogP contribution in [0.5, 0.6) is 0 Å². The number of aryl methyl sites for hydroxylation is 1. The predicted octanol–water partition coefficient (Wildman–Crippen LogP) is 3.24. The maximum absolute atomic E-state index is 4.28. The Bertz CT molecular complexity index is 357. The Balaban J connectivity index is 2.19. The fourth-order valence-electron chi connectivity index (χ4n) is 1.61. The van der Waals surface area contributed by atoms with E-state index in [-0.39, 0.29) is 0 Å². The summed E-state index contributed by atoms with van der Waals surface area (Å²) in [5, 5.41) is 0. The Hall–Kier alpha value is -1.37. The van der Waals surface area contributed by atoms with Crippen molar-refractivity contribution in [2.24, 2.45) is 4.99 Å². The summed E-state index contributed by atoms with van der Waals surface area (Å²) in [5.41, 5.74) is 3.93. The molecule has 1 aliphatic heterocycles. The van der Waals surface area contributed by atoms with E-state index in [9.17, 15) is 0 Å². The molecular formula is C13H15N. The number of allylic oxidation sites excluding steroid dienone is 1. The monoisotopic (exact) mass is 185 g/mol. The van der Waals surface area contributed by atoms with Crippen molar-refractivity contribution in [3.8, 4) is 0 Å². The second-order valence-corrected chi connectivity index (χ2v) is 3.77. The third-order valence-corrected chi connectivity index (χ3v) is 2.44. The molecule has 14 heavy (non-hydrogen) atoms. The van der Waals surface area contributed by atoms with E-state index in [2.05, 4.69) is 42.3 Å². The molecule has 0 bridgehead atoms. The maximum Gasteiger partial charge on any atom is 0.0392 e. The van der Waals surface area contributed by atoms with E-state index in [1.165, 1.54) is 23.1 Å². The maximum atomic E-state index is 4.28. The number of aliphatic imine (C=N–C) groups is 1. The minimum absolute atomic E-state index is 0.991. The van der Waals surface area contributed by atoms with E-state index < -0.39 is 0 Å². The minimum Gasteiger partial charge on any atom is -0.293 e. The molecule has 1 heterocycles. The first kappa shape index (κ1) is 9.20. The highest BCUT2D eigenvalue weighted by atomic mass is 14.7. The predicted molar refractivity (Wildman–Crippen MR) is 61.7 cm³/mol. The van der Waals surface area contributed by atoms with Crippen molar-refractivity contribution in [3.05, 3.63) is 41.0 Å². The van der Waals surface area contributed by atoms with Crippen LogP contribution in [0.2, 0.25) is 0 Å². The molecule has 0 atom stereocenters. The van der Waals surface area contributed by atoms with Crippen molar-refractivity contribution < 1.29 is 0 Å². The van der Waals surface area contributed by atoms with Crippen molar-refractivity contribution in [1.82, 2.24) is 0 Å². The zero-order valence-electron chi connectivity index (χ0n) is 8.53. The molecule has 0 saturated heterocycles. The van der Waals surface area contributed by atoms with E-state index >= 15 is 0 Å². The van der Waals surface area contributed by atoms with Gasteiger partial charge in [0.25, 0.3) is 0 Å². The quantitative estimate of drug-likeness (QED) is 0.637. The summed E-state index contributed by atoms with van der Waals surface area (Å²) in [4.78, 5) is 4.28. The van der Waals surface area contributed by atoms with E-state index in [0.717, 1.165) is 13.0 Å². The number of rotatable bonds is 1. The van der Waals surface area contributed by atoms with Gasteiger partial charge in [0.2, 0.25) is 0 Å². The van der Waals surface area contributed by atoms with Gasteiger partial charge in [-0.25, -0.2) is 0 Å². The van der Waals surface area contributed by atoms with Gasteiger partial charge in [0, 0.05) is 12.8 Å². The topological polar surface area (TPSA) is 12.4 Å². The largest absolute Gasteiger partial charge is 0.293 e. The zero-order chi connectivity index (χ0) is 9.80. The van der Waals surface area contributed by atoms with Crippen molar-refractivity contribution in [2.75, 3.05) is 6.54 Å². The molecule has 0 spiro atoms. The molecule has 1 heteroatoms. The molecule has 72 valence electrons. The van der Waals surface area contributed by atoms with E-state index in [1.807, 2.05) is 6.21 Å². The van der Waals surface area contributed by atoms with Gasteiger partial charge >= 0.3 is 0 Å². The molecule has 0 aromatic heterocycles. The van der Waals surface area contributed by atoms with Crippen LogP contribution in [0, 0.1) is 6.92 Å². The van der Waals surface area contributed by atoms with Crippen LogP contribution in [0.4, 0.5) is 0 Å². The van der Waals surface area contributed by atoms with E-state index in [0.29, 0.717) is 0 Å². The van der Waals surface area contributed by atoms with Crippen LogP contribution < -0.4 is 0 Å². The fourth-order valence-corrected chi connectivity index (χ4v) is 1.61. The van der Waals surface area contributed by atoms with Gasteiger partial charge in [-0.1, -0.05) is 35.9 Å². The smallest absolute Gasteiger partial charge is 0.0392 e. The standard InChI is InChI=1S/C13H15N/c1-11-4-6-12(7-5-11)9-13-3-2-8-14-10-13/h4-7,9-10H,2-3,8H2,1H3/b13-9-. The molecule has 0 fully saturated rings. The number of hydrogen-bond acceptors (Lipinski definition) is 1. The van der Waals surface area contributed by atoms with Gasteiger partial charge in [-0.05, 0) is 30.9 Å². The number of benzene rings is 1. The molecule has 0 N–H and O–H groups in total. The van der Waals surface area contributed by atoms with Crippen molar-refractivity contribution in [3.63, 3.8) is 0 Å². The molecule has 0 radical (unpaired) electrons. The van der Waals surface area contributed by atoms with Crippen LogP contribution in [0.3, 0.4) is 0 Å². The second-order valence-electron chi connectivity index (χ2n) is 3.77. The Kier molecular flexibility index (Phi) is 2.78. The summed E-state index contributed by atoms with van der Waals surface area (Å²) < 4.78 is 0. The Labute approximate surface area is 85.2 Å². The zero-order valence-corrected chi connectivity index (χ0v) is 8.53. The van der Waals surface area contributed by atoms with Gasteiger partial charge in [0.15, 0.2) is 0 Å². The highest BCUT2D eigenvalue weighted by molar-refractivity contribution is 5.86. The summed E-state index contributed by atoms with van der Waals surface area (Å²) in [6.07, 6.45) is 6.58. The van der Waals surface area contributed by atoms with Gasteiger partial charge in [0.05, 0.1) is 0 Å². The van der Waals surface area contributed by atoms with Gasteiger partial charge < -0.3 is 0 Å². The van der Waals surface area contributed by atoms with Crippen molar-refractivity contribution in [1.29, 1.82) is 0 Å². The normalized spacial score (nSPS) is 18.8. The average molecular weight is 185 g/mol. The minimum atomic E-state index is 0.991. The summed E-state index contributed by atoms with van der Waals surface area (Å²) >= 11 is 0. The van der Waals surface area contributed by atoms with Crippen molar-refractivity contribution in [2.45, 2.75) is 19.8 Å². The Morgan fingerprint density at radius 2 is 2.00 bits per heavy atom. The van der Waals surface area contributed by atoms with Gasteiger partial charge in [-0.15, -0.1) is 0 Å². The number of nitrogens with zero attached hydrogens (tertiary/aromatic N) is 1. The molecule has 1 aromatic rings. The van der Waals surface area contributed by atoms with E-state index in [4.69, 9.17) is 0 Å². The van der Waals surface area contributed by atoms with Crippen LogP contribution in [-0.2, 0) is 0 Å². The fraction of sp³-hybridized carbons (Fsp3) is 0.308. The first-order valence-electron chi connectivity index (χ1n) is 5.12. The SMILES string of the molecule is Cc1ccc(/C=C2\C=NCCC2)cc1. The molecule has 0 aliphatic carbocycles. The summed E-state index contributed by atoms with van der Waals surface area (Å²) in [6.45, 7) is 3.10. The molecule has 0 amide bonds. The Morgan fingerprint density at radius 3 is 2.64 bits per heavy atom. The highest BCUT2D eigenvalue weighted by Gasteiger charge is 1.99. The van der Waals surface area contributed by atoms with Crippen LogP contribution >= 0.6 is 0 Å². The molecular weight excluding hydrogens is 170 g/mol. The lowest BCUT2D eigenvalue weighted by Gasteiger charge is -2.06. The molecule has 1 aromatic carbocycles. The van der Waals surface area contributed by atoms with Crippen LogP contribution in [-0.4, -0.2) is 12.8 Å². The third-order valence-electron chi connectivity index (χ3n) is 2.44. The molecule has 0 unspecified atom stereocenters. The first-order valence-corrected chi connectivity index (χ1v) is 5.12. The molecule has 1 nitrogen and oxygen atoms in total. The van der Waals surface area contributed by atoms with Crippen LogP contribution in [0.25, 0.3) is 6.08 Å². The molecule has 0 saturated carbocycles.